The lowest BCUT2D eigenvalue weighted by atomic mass is 9.90. The van der Waals surface area contributed by atoms with Gasteiger partial charge in [0.25, 0.3) is 0 Å². The number of carbonyl (C=O) groups excluding carboxylic acids is 2. The van der Waals surface area contributed by atoms with Crippen molar-refractivity contribution in [1.29, 1.82) is 0 Å². The van der Waals surface area contributed by atoms with E-state index in [0.29, 0.717) is 6.54 Å². The molecule has 3 aromatic carbocycles. The summed E-state index contributed by atoms with van der Waals surface area (Å²) in [4.78, 5) is 26.7. The summed E-state index contributed by atoms with van der Waals surface area (Å²) >= 11 is 0. The van der Waals surface area contributed by atoms with Crippen LogP contribution in [0, 0.1) is 0 Å². The fourth-order valence-corrected chi connectivity index (χ4v) is 3.81. The molecule has 0 saturated carbocycles. The molecule has 2 amide bonds. The third-order valence-electron chi connectivity index (χ3n) is 5.15. The fourth-order valence-electron chi connectivity index (χ4n) is 3.81. The Hall–Kier alpha value is -3.40. The molecule has 1 aliphatic heterocycles. The Morgan fingerprint density at radius 1 is 0.893 bits per heavy atom. The molecule has 0 spiro atoms. The predicted octanol–water partition coefficient (Wildman–Crippen LogP) is 4.37. The third kappa shape index (κ3) is 3.54. The Balaban J connectivity index is 1.62. The summed E-state index contributed by atoms with van der Waals surface area (Å²) in [7, 11) is 0. The molecule has 0 radical (unpaired) electrons. The highest BCUT2D eigenvalue weighted by atomic mass is 16.2. The van der Waals surface area contributed by atoms with Crippen LogP contribution in [0.3, 0.4) is 0 Å². The van der Waals surface area contributed by atoms with Crippen molar-refractivity contribution in [3.05, 3.63) is 95.6 Å². The minimum Gasteiger partial charge on any atom is -0.325 e. The van der Waals surface area contributed by atoms with Gasteiger partial charge in [-0.1, -0.05) is 60.7 Å². The normalized spacial score (nSPS) is 12.7. The molecule has 28 heavy (non-hydrogen) atoms. The van der Waals surface area contributed by atoms with Gasteiger partial charge in [0, 0.05) is 24.8 Å². The molecule has 140 valence electrons. The summed E-state index contributed by atoms with van der Waals surface area (Å²) in [5, 5.41) is 3.07. The zero-order valence-corrected chi connectivity index (χ0v) is 15.8. The van der Waals surface area contributed by atoms with E-state index < -0.39 is 0 Å². The average Bonchev–Trinajstić information content (AvgIpc) is 3.13. The summed E-state index contributed by atoms with van der Waals surface area (Å²) in [6.07, 6.45) is 0.805. The van der Waals surface area contributed by atoms with Crippen LogP contribution in [0.2, 0.25) is 0 Å². The van der Waals surface area contributed by atoms with Crippen molar-refractivity contribution in [2.24, 2.45) is 0 Å². The lowest BCUT2D eigenvalue weighted by Gasteiger charge is -2.19. The molecule has 1 aliphatic rings. The Morgan fingerprint density at radius 2 is 1.50 bits per heavy atom. The van der Waals surface area contributed by atoms with Gasteiger partial charge >= 0.3 is 0 Å². The van der Waals surface area contributed by atoms with Gasteiger partial charge < -0.3 is 10.2 Å². The van der Waals surface area contributed by atoms with E-state index in [-0.39, 0.29) is 17.7 Å². The van der Waals surface area contributed by atoms with E-state index in [1.54, 1.807) is 11.8 Å². The summed E-state index contributed by atoms with van der Waals surface area (Å²) in [6, 6.07) is 25.4. The first-order valence-electron chi connectivity index (χ1n) is 9.45. The van der Waals surface area contributed by atoms with Gasteiger partial charge in [0.15, 0.2) is 0 Å². The van der Waals surface area contributed by atoms with E-state index >= 15 is 0 Å². The minimum atomic E-state index is -0.385. The van der Waals surface area contributed by atoms with Gasteiger partial charge in [-0.05, 0) is 41.3 Å². The van der Waals surface area contributed by atoms with Crippen molar-refractivity contribution >= 4 is 23.2 Å². The third-order valence-corrected chi connectivity index (χ3v) is 5.15. The first-order chi connectivity index (χ1) is 13.6. The molecule has 0 saturated heterocycles. The van der Waals surface area contributed by atoms with Crippen LogP contribution in [0.1, 0.15) is 29.5 Å². The molecule has 1 heterocycles. The van der Waals surface area contributed by atoms with Crippen LogP contribution in [0.5, 0.6) is 0 Å². The largest absolute Gasteiger partial charge is 0.325 e. The molecule has 1 N–H and O–H groups in total. The predicted molar refractivity (Wildman–Crippen MR) is 112 cm³/mol. The summed E-state index contributed by atoms with van der Waals surface area (Å²) in [6.45, 7) is 2.27. The number of hydrogen-bond acceptors (Lipinski definition) is 2. The fraction of sp³-hybridized carbons (Fsp3) is 0.167. The summed E-state index contributed by atoms with van der Waals surface area (Å²) < 4.78 is 0. The molecule has 0 aliphatic carbocycles. The quantitative estimate of drug-likeness (QED) is 0.741. The second-order valence-corrected chi connectivity index (χ2v) is 7.01. The van der Waals surface area contributed by atoms with Crippen LogP contribution in [-0.2, 0) is 16.0 Å². The number of nitrogens with one attached hydrogen (secondary N) is 1. The number of carbonyl (C=O) groups is 2. The lowest BCUT2D eigenvalue weighted by molar-refractivity contribution is -0.117. The van der Waals surface area contributed by atoms with Crippen molar-refractivity contribution in [2.75, 3.05) is 16.8 Å². The molecule has 3 aromatic rings. The second-order valence-electron chi connectivity index (χ2n) is 7.01. The molecular formula is C24H22N2O2. The van der Waals surface area contributed by atoms with Crippen molar-refractivity contribution < 1.29 is 9.59 Å². The maximum atomic E-state index is 13.2. The number of rotatable bonds is 4. The number of hydrogen-bond donors (Lipinski definition) is 1. The maximum absolute atomic E-state index is 13.2. The molecule has 4 heteroatoms. The SMILES string of the molecule is CC(=O)N1CCc2cc(NC(=O)C(c3ccccc3)c3ccccc3)ccc21. The molecule has 0 unspecified atom stereocenters. The standard InChI is InChI=1S/C24H22N2O2/c1-17(27)26-15-14-20-16-21(12-13-22(20)26)25-24(28)23(18-8-4-2-5-9-18)19-10-6-3-7-11-19/h2-13,16,23H,14-15H2,1H3,(H,25,28). The zero-order valence-electron chi connectivity index (χ0n) is 15.8. The number of benzene rings is 3. The molecule has 0 fully saturated rings. The Bertz CT molecular complexity index is 960. The van der Waals surface area contributed by atoms with Crippen LogP contribution in [0.15, 0.2) is 78.9 Å². The Kier molecular flexibility index (Phi) is 4.94. The van der Waals surface area contributed by atoms with Crippen molar-refractivity contribution in [3.8, 4) is 0 Å². The van der Waals surface area contributed by atoms with E-state index in [2.05, 4.69) is 5.32 Å². The number of amides is 2. The first-order valence-corrected chi connectivity index (χ1v) is 9.45. The molecule has 0 bridgehead atoms. The summed E-state index contributed by atoms with van der Waals surface area (Å²) in [5.74, 6) is -0.410. The highest BCUT2D eigenvalue weighted by molar-refractivity contribution is 5.99. The van der Waals surface area contributed by atoms with Gasteiger partial charge in [0.2, 0.25) is 11.8 Å². The van der Waals surface area contributed by atoms with E-state index in [1.165, 1.54) is 0 Å². The monoisotopic (exact) mass is 370 g/mol. The van der Waals surface area contributed by atoms with Crippen molar-refractivity contribution in [1.82, 2.24) is 0 Å². The first kappa shape index (κ1) is 18.0. The Labute approximate surface area is 164 Å². The van der Waals surface area contributed by atoms with Crippen molar-refractivity contribution in [3.63, 3.8) is 0 Å². The van der Waals surface area contributed by atoms with Gasteiger partial charge in [-0.25, -0.2) is 0 Å². The molecule has 4 nitrogen and oxygen atoms in total. The smallest absolute Gasteiger partial charge is 0.236 e. The van der Waals surface area contributed by atoms with Gasteiger partial charge in [0.1, 0.15) is 0 Å². The summed E-state index contributed by atoms with van der Waals surface area (Å²) in [5.41, 5.74) is 4.69. The average molecular weight is 370 g/mol. The Morgan fingerprint density at radius 3 is 2.07 bits per heavy atom. The number of fused-ring (bicyclic) bond motifs is 1. The van der Waals surface area contributed by atoms with E-state index in [1.807, 2.05) is 78.9 Å². The van der Waals surface area contributed by atoms with E-state index in [9.17, 15) is 9.59 Å². The lowest BCUT2D eigenvalue weighted by Crippen LogP contribution is -2.25. The van der Waals surface area contributed by atoms with Gasteiger partial charge in [-0.3, -0.25) is 9.59 Å². The minimum absolute atomic E-state index is 0.0451. The zero-order chi connectivity index (χ0) is 19.5. The van der Waals surface area contributed by atoms with Crippen LogP contribution in [0.4, 0.5) is 11.4 Å². The van der Waals surface area contributed by atoms with Gasteiger partial charge in [-0.2, -0.15) is 0 Å². The molecule has 4 rings (SSSR count). The van der Waals surface area contributed by atoms with Crippen LogP contribution in [-0.4, -0.2) is 18.4 Å². The van der Waals surface area contributed by atoms with Crippen LogP contribution >= 0.6 is 0 Å². The highest BCUT2D eigenvalue weighted by Gasteiger charge is 2.25. The van der Waals surface area contributed by atoms with E-state index in [4.69, 9.17) is 0 Å². The molecule has 0 aromatic heterocycles. The second kappa shape index (κ2) is 7.69. The topological polar surface area (TPSA) is 49.4 Å². The van der Waals surface area contributed by atoms with Gasteiger partial charge in [0.05, 0.1) is 5.92 Å². The van der Waals surface area contributed by atoms with Crippen LogP contribution < -0.4 is 10.2 Å². The van der Waals surface area contributed by atoms with Gasteiger partial charge in [-0.15, -0.1) is 0 Å². The number of anilines is 2. The van der Waals surface area contributed by atoms with Crippen LogP contribution in [0.25, 0.3) is 0 Å². The van der Waals surface area contributed by atoms with Crippen molar-refractivity contribution in [2.45, 2.75) is 19.3 Å². The molecular weight excluding hydrogens is 348 g/mol. The highest BCUT2D eigenvalue weighted by Crippen LogP contribution is 2.32. The maximum Gasteiger partial charge on any atom is 0.236 e. The molecule has 0 atom stereocenters. The van der Waals surface area contributed by atoms with E-state index in [0.717, 1.165) is 34.5 Å². The number of nitrogens with zero attached hydrogens (tertiary/aromatic N) is 1.